The monoisotopic (exact) mass is 257 g/mol. The molecule has 0 bridgehead atoms. The molecule has 1 aromatic rings. The van der Waals surface area contributed by atoms with Gasteiger partial charge in [0.05, 0.1) is 5.56 Å². The first kappa shape index (κ1) is 12.4. The summed E-state index contributed by atoms with van der Waals surface area (Å²) < 4.78 is 0. The number of hydrogen-bond acceptors (Lipinski definition) is 5. The fourth-order valence-corrected chi connectivity index (χ4v) is 2.91. The van der Waals surface area contributed by atoms with Gasteiger partial charge in [0, 0.05) is 45.0 Å². The normalized spacial score (nSPS) is 24.4. The third-order valence-electron chi connectivity index (χ3n) is 4.07. The molecule has 0 aliphatic carbocycles. The number of hydrogen-bond donors (Lipinski definition) is 1. The van der Waals surface area contributed by atoms with E-state index in [2.05, 4.69) is 26.2 Å². The Kier molecular flexibility index (Phi) is 3.62. The zero-order valence-corrected chi connectivity index (χ0v) is 11.0. The van der Waals surface area contributed by atoms with E-state index in [-0.39, 0.29) is 0 Å². The van der Waals surface area contributed by atoms with E-state index < -0.39 is 0 Å². The quantitative estimate of drug-likeness (QED) is 0.833. The highest BCUT2D eigenvalue weighted by molar-refractivity contribution is 5.42. The zero-order valence-electron chi connectivity index (χ0n) is 11.0. The third-order valence-corrected chi connectivity index (χ3v) is 4.07. The molecule has 2 aliphatic heterocycles. The van der Waals surface area contributed by atoms with Crippen LogP contribution in [0.4, 0.5) is 5.82 Å². The van der Waals surface area contributed by atoms with Gasteiger partial charge in [0.2, 0.25) is 0 Å². The molecular weight excluding hydrogens is 238 g/mol. The summed E-state index contributed by atoms with van der Waals surface area (Å²) in [6.45, 7) is 6.55. The second-order valence-electron chi connectivity index (χ2n) is 5.19. The lowest BCUT2D eigenvalue weighted by Crippen LogP contribution is -2.51. The maximum absolute atomic E-state index is 8.78. The van der Waals surface area contributed by atoms with Crippen LogP contribution in [0, 0.1) is 11.3 Å². The second-order valence-corrected chi connectivity index (χ2v) is 5.19. The van der Waals surface area contributed by atoms with Crippen LogP contribution in [0.5, 0.6) is 0 Å². The summed E-state index contributed by atoms with van der Waals surface area (Å²) in [5.74, 6) is 0.989. The van der Waals surface area contributed by atoms with Gasteiger partial charge in [-0.1, -0.05) is 0 Å². The predicted octanol–water partition coefficient (Wildman–Crippen LogP) is 0.437. The number of nitriles is 1. The lowest BCUT2D eigenvalue weighted by atomic mass is 10.2. The molecule has 5 nitrogen and oxygen atoms in total. The van der Waals surface area contributed by atoms with Crippen molar-refractivity contribution in [3.63, 3.8) is 0 Å². The van der Waals surface area contributed by atoms with Gasteiger partial charge < -0.3 is 10.2 Å². The topological polar surface area (TPSA) is 55.2 Å². The number of nitrogens with zero attached hydrogens (tertiary/aromatic N) is 4. The summed E-state index contributed by atoms with van der Waals surface area (Å²) in [5.41, 5.74) is 0.624. The Morgan fingerprint density at radius 3 is 2.68 bits per heavy atom. The van der Waals surface area contributed by atoms with Crippen LogP contribution in [-0.4, -0.2) is 55.2 Å². The lowest BCUT2D eigenvalue weighted by Gasteiger charge is -2.38. The first-order valence-electron chi connectivity index (χ1n) is 6.93. The molecule has 5 heteroatoms. The molecule has 2 fully saturated rings. The Hall–Kier alpha value is -1.64. The van der Waals surface area contributed by atoms with Crippen LogP contribution in [-0.2, 0) is 0 Å². The van der Waals surface area contributed by atoms with Crippen molar-refractivity contribution in [3.8, 4) is 6.07 Å². The van der Waals surface area contributed by atoms with Gasteiger partial charge in [-0.15, -0.1) is 0 Å². The zero-order chi connectivity index (χ0) is 13.1. The SMILES string of the molecule is N#Cc1ccc(N2CCN([C@H]3CCNC3)CC2)nc1. The highest BCUT2D eigenvalue weighted by Gasteiger charge is 2.26. The molecule has 100 valence electrons. The molecule has 1 aromatic heterocycles. The number of aromatic nitrogens is 1. The Morgan fingerprint density at radius 2 is 2.11 bits per heavy atom. The number of pyridine rings is 1. The summed E-state index contributed by atoms with van der Waals surface area (Å²) in [5, 5.41) is 12.2. The molecule has 0 amide bonds. The molecule has 1 N–H and O–H groups in total. The Morgan fingerprint density at radius 1 is 1.26 bits per heavy atom. The number of anilines is 1. The average Bonchev–Trinajstić information content (AvgIpc) is 3.02. The van der Waals surface area contributed by atoms with E-state index in [1.165, 1.54) is 6.42 Å². The number of rotatable bonds is 2. The van der Waals surface area contributed by atoms with Gasteiger partial charge >= 0.3 is 0 Å². The minimum atomic E-state index is 0.624. The van der Waals surface area contributed by atoms with Gasteiger partial charge in [-0.25, -0.2) is 4.98 Å². The van der Waals surface area contributed by atoms with Gasteiger partial charge in [-0.3, -0.25) is 4.90 Å². The van der Waals surface area contributed by atoms with Gasteiger partial charge in [-0.2, -0.15) is 5.26 Å². The first-order chi connectivity index (χ1) is 9.36. The summed E-state index contributed by atoms with van der Waals surface area (Å²) in [6, 6.07) is 6.62. The van der Waals surface area contributed by atoms with Crippen LogP contribution in [0.15, 0.2) is 18.3 Å². The van der Waals surface area contributed by atoms with Crippen molar-refractivity contribution in [2.24, 2.45) is 0 Å². The van der Waals surface area contributed by atoms with Crippen molar-refractivity contribution >= 4 is 5.82 Å². The average molecular weight is 257 g/mol. The molecule has 3 rings (SSSR count). The molecular formula is C14H19N5. The summed E-state index contributed by atoms with van der Waals surface area (Å²) >= 11 is 0. The van der Waals surface area contributed by atoms with Crippen molar-refractivity contribution in [2.45, 2.75) is 12.5 Å². The maximum Gasteiger partial charge on any atom is 0.128 e. The Bertz CT molecular complexity index is 450. The number of nitrogens with one attached hydrogen (secondary N) is 1. The standard InChI is InChI=1S/C14H19N5/c15-9-12-1-2-14(17-10-12)19-7-5-18(6-8-19)13-3-4-16-11-13/h1-2,10,13,16H,3-8,11H2/t13-/m0/s1. The molecule has 2 aliphatic rings. The smallest absolute Gasteiger partial charge is 0.128 e. The van der Waals surface area contributed by atoms with E-state index in [0.717, 1.165) is 51.1 Å². The van der Waals surface area contributed by atoms with Crippen molar-refractivity contribution in [1.82, 2.24) is 15.2 Å². The second kappa shape index (κ2) is 5.55. The van der Waals surface area contributed by atoms with Crippen LogP contribution < -0.4 is 10.2 Å². The van der Waals surface area contributed by atoms with Crippen LogP contribution in [0.25, 0.3) is 0 Å². The van der Waals surface area contributed by atoms with Crippen molar-refractivity contribution < 1.29 is 0 Å². The summed E-state index contributed by atoms with van der Waals surface area (Å²) in [4.78, 5) is 9.26. The molecule has 2 saturated heterocycles. The molecule has 0 radical (unpaired) electrons. The van der Waals surface area contributed by atoms with Gasteiger partial charge in [0.15, 0.2) is 0 Å². The van der Waals surface area contributed by atoms with Gasteiger partial charge in [0.1, 0.15) is 11.9 Å². The van der Waals surface area contributed by atoms with Gasteiger partial charge in [-0.05, 0) is 25.1 Å². The molecule has 19 heavy (non-hydrogen) atoms. The molecule has 0 aromatic carbocycles. The Balaban J connectivity index is 1.58. The van der Waals surface area contributed by atoms with Crippen LogP contribution in [0.2, 0.25) is 0 Å². The molecule has 1 atom stereocenters. The van der Waals surface area contributed by atoms with Gasteiger partial charge in [0.25, 0.3) is 0 Å². The minimum Gasteiger partial charge on any atom is -0.354 e. The van der Waals surface area contributed by atoms with Crippen molar-refractivity contribution in [1.29, 1.82) is 5.26 Å². The van der Waals surface area contributed by atoms with E-state index in [4.69, 9.17) is 5.26 Å². The lowest BCUT2D eigenvalue weighted by molar-refractivity contribution is 0.196. The van der Waals surface area contributed by atoms with E-state index >= 15 is 0 Å². The minimum absolute atomic E-state index is 0.624. The predicted molar refractivity (Wildman–Crippen MR) is 74.0 cm³/mol. The molecule has 0 unspecified atom stereocenters. The number of piperazine rings is 1. The highest BCUT2D eigenvalue weighted by atomic mass is 15.3. The first-order valence-corrected chi connectivity index (χ1v) is 6.93. The van der Waals surface area contributed by atoms with E-state index in [1.807, 2.05) is 12.1 Å². The maximum atomic E-state index is 8.78. The van der Waals surface area contributed by atoms with Crippen LogP contribution >= 0.6 is 0 Å². The van der Waals surface area contributed by atoms with Crippen LogP contribution in [0.3, 0.4) is 0 Å². The fourth-order valence-electron chi connectivity index (χ4n) is 2.91. The fraction of sp³-hybridized carbons (Fsp3) is 0.571. The summed E-state index contributed by atoms with van der Waals surface area (Å²) in [7, 11) is 0. The van der Waals surface area contributed by atoms with E-state index in [9.17, 15) is 0 Å². The molecule has 3 heterocycles. The van der Waals surface area contributed by atoms with Crippen molar-refractivity contribution in [3.05, 3.63) is 23.9 Å². The third kappa shape index (κ3) is 2.70. The van der Waals surface area contributed by atoms with E-state index in [0.29, 0.717) is 5.56 Å². The Labute approximate surface area is 113 Å². The van der Waals surface area contributed by atoms with Crippen LogP contribution in [0.1, 0.15) is 12.0 Å². The van der Waals surface area contributed by atoms with E-state index in [1.54, 1.807) is 6.20 Å². The van der Waals surface area contributed by atoms with Crippen molar-refractivity contribution in [2.75, 3.05) is 44.2 Å². The molecule has 0 saturated carbocycles. The summed E-state index contributed by atoms with van der Waals surface area (Å²) in [6.07, 6.45) is 2.93. The highest BCUT2D eigenvalue weighted by Crippen LogP contribution is 2.17. The molecule has 0 spiro atoms. The largest absolute Gasteiger partial charge is 0.354 e.